The summed E-state index contributed by atoms with van der Waals surface area (Å²) in [4.78, 5) is 25.0. The highest BCUT2D eigenvalue weighted by Gasteiger charge is 2.35. The number of imide groups is 1. The first kappa shape index (κ1) is 15.4. The van der Waals surface area contributed by atoms with Crippen LogP contribution in [0.3, 0.4) is 0 Å². The van der Waals surface area contributed by atoms with Gasteiger partial charge in [-0.1, -0.05) is 0 Å². The van der Waals surface area contributed by atoms with E-state index in [1.54, 1.807) is 0 Å². The molecule has 2 fully saturated rings. The number of sulfonamides is 1. The van der Waals surface area contributed by atoms with Gasteiger partial charge < -0.3 is 5.73 Å². The summed E-state index contributed by atoms with van der Waals surface area (Å²) >= 11 is 0. The second-order valence-corrected chi connectivity index (χ2v) is 7.60. The van der Waals surface area contributed by atoms with E-state index in [0.29, 0.717) is 19.5 Å². The van der Waals surface area contributed by atoms with Gasteiger partial charge in [-0.05, 0) is 25.2 Å². The molecule has 2 atom stereocenters. The van der Waals surface area contributed by atoms with Gasteiger partial charge in [-0.25, -0.2) is 12.7 Å². The molecule has 0 aromatic rings. The lowest BCUT2D eigenvalue weighted by atomic mass is 9.96. The smallest absolute Gasteiger partial charge is 0.246 e. The highest BCUT2D eigenvalue weighted by atomic mass is 32.2. The Bertz CT molecular complexity index is 505. The van der Waals surface area contributed by atoms with Crippen LogP contribution in [0.25, 0.3) is 0 Å². The van der Waals surface area contributed by atoms with Crippen LogP contribution in [0, 0.1) is 5.92 Å². The van der Waals surface area contributed by atoms with Crippen molar-refractivity contribution in [1.29, 1.82) is 0 Å². The SMILES string of the molecule is CS(=O)(=O)N1CCCC(CN2C(=O)CCC(N)C2=O)C1. The number of carbonyl (C=O) groups excluding carboxylic acids is 2. The summed E-state index contributed by atoms with van der Waals surface area (Å²) in [6.45, 7) is 1.15. The van der Waals surface area contributed by atoms with Gasteiger partial charge in [-0.15, -0.1) is 0 Å². The molecule has 0 spiro atoms. The largest absolute Gasteiger partial charge is 0.320 e. The maximum Gasteiger partial charge on any atom is 0.246 e. The first-order valence-electron chi connectivity index (χ1n) is 6.84. The Labute approximate surface area is 119 Å². The van der Waals surface area contributed by atoms with Crippen LogP contribution >= 0.6 is 0 Å². The van der Waals surface area contributed by atoms with Gasteiger partial charge in [0, 0.05) is 26.1 Å². The maximum absolute atomic E-state index is 11.9. The Hall–Kier alpha value is -0.990. The van der Waals surface area contributed by atoms with E-state index in [9.17, 15) is 18.0 Å². The molecule has 7 nitrogen and oxygen atoms in total. The van der Waals surface area contributed by atoms with Crippen molar-refractivity contribution >= 4 is 21.8 Å². The van der Waals surface area contributed by atoms with E-state index >= 15 is 0 Å². The molecule has 8 heteroatoms. The number of nitrogens with two attached hydrogens (primary N) is 1. The molecule has 2 rings (SSSR count). The highest BCUT2D eigenvalue weighted by molar-refractivity contribution is 7.88. The van der Waals surface area contributed by atoms with Gasteiger partial charge in [-0.3, -0.25) is 14.5 Å². The van der Waals surface area contributed by atoms with Crippen LogP contribution in [0.2, 0.25) is 0 Å². The van der Waals surface area contributed by atoms with E-state index < -0.39 is 16.1 Å². The standard InChI is InChI=1S/C12H21N3O4S/c1-20(18,19)14-6-2-3-9(7-14)8-15-11(16)5-4-10(13)12(15)17/h9-10H,2-8,13H2,1H3. The zero-order valence-corrected chi connectivity index (χ0v) is 12.4. The molecule has 2 amide bonds. The van der Waals surface area contributed by atoms with Gasteiger partial charge in [0.05, 0.1) is 12.3 Å². The number of nitrogens with zero attached hydrogens (tertiary/aromatic N) is 2. The van der Waals surface area contributed by atoms with E-state index in [2.05, 4.69) is 0 Å². The van der Waals surface area contributed by atoms with Crippen molar-refractivity contribution in [3.63, 3.8) is 0 Å². The fourth-order valence-electron chi connectivity index (χ4n) is 2.79. The number of likely N-dealkylation sites (tertiary alicyclic amines) is 1. The molecule has 2 N–H and O–H groups in total. The molecule has 0 aromatic heterocycles. The Morgan fingerprint density at radius 2 is 2.00 bits per heavy atom. The normalized spacial score (nSPS) is 29.8. The zero-order chi connectivity index (χ0) is 14.9. The topological polar surface area (TPSA) is 101 Å². The van der Waals surface area contributed by atoms with Gasteiger partial charge >= 0.3 is 0 Å². The fourth-order valence-corrected chi connectivity index (χ4v) is 3.73. The number of hydrogen-bond donors (Lipinski definition) is 1. The Balaban J connectivity index is 2.02. The number of rotatable bonds is 3. The van der Waals surface area contributed by atoms with Crippen molar-refractivity contribution in [3.05, 3.63) is 0 Å². The predicted octanol–water partition coefficient (Wildman–Crippen LogP) is -0.866. The summed E-state index contributed by atoms with van der Waals surface area (Å²) in [5, 5.41) is 0. The van der Waals surface area contributed by atoms with E-state index in [0.717, 1.165) is 12.8 Å². The third-order valence-corrected chi connectivity index (χ3v) is 5.21. The number of hydrogen-bond acceptors (Lipinski definition) is 5. The van der Waals surface area contributed by atoms with E-state index in [1.165, 1.54) is 15.5 Å². The average molecular weight is 303 g/mol. The quantitative estimate of drug-likeness (QED) is 0.683. The Kier molecular flexibility index (Phi) is 4.46. The minimum Gasteiger partial charge on any atom is -0.320 e. The molecule has 0 aromatic carbocycles. The second kappa shape index (κ2) is 5.79. The number of amides is 2. The van der Waals surface area contributed by atoms with Gasteiger partial charge in [0.25, 0.3) is 0 Å². The molecular formula is C12H21N3O4S. The number of piperidine rings is 2. The molecule has 0 saturated carbocycles. The minimum absolute atomic E-state index is 0.00308. The zero-order valence-electron chi connectivity index (χ0n) is 11.6. The Morgan fingerprint density at radius 3 is 2.65 bits per heavy atom. The van der Waals surface area contributed by atoms with Crippen molar-refractivity contribution in [2.45, 2.75) is 31.7 Å². The third kappa shape index (κ3) is 3.36. The number of carbonyl (C=O) groups is 2. The van der Waals surface area contributed by atoms with Crippen molar-refractivity contribution in [3.8, 4) is 0 Å². The summed E-state index contributed by atoms with van der Waals surface area (Å²) in [6, 6.07) is -0.609. The first-order chi connectivity index (χ1) is 9.29. The summed E-state index contributed by atoms with van der Waals surface area (Å²) in [6.07, 6.45) is 3.44. The molecule has 2 aliphatic heterocycles. The molecule has 0 aliphatic carbocycles. The van der Waals surface area contributed by atoms with Gasteiger partial charge in [0.1, 0.15) is 0 Å². The lowest BCUT2D eigenvalue weighted by molar-refractivity contribution is -0.150. The van der Waals surface area contributed by atoms with Crippen LogP contribution in [-0.4, -0.2) is 61.4 Å². The van der Waals surface area contributed by atoms with Crippen LogP contribution in [0.5, 0.6) is 0 Å². The lowest BCUT2D eigenvalue weighted by Gasteiger charge is -2.36. The maximum atomic E-state index is 11.9. The molecule has 2 saturated heterocycles. The van der Waals surface area contributed by atoms with Crippen molar-refractivity contribution in [2.75, 3.05) is 25.9 Å². The van der Waals surface area contributed by atoms with Crippen LogP contribution in [0.15, 0.2) is 0 Å². The summed E-state index contributed by atoms with van der Waals surface area (Å²) in [7, 11) is -3.22. The molecule has 0 bridgehead atoms. The molecular weight excluding hydrogens is 282 g/mol. The van der Waals surface area contributed by atoms with Crippen LogP contribution < -0.4 is 5.73 Å². The minimum atomic E-state index is -3.22. The van der Waals surface area contributed by atoms with Crippen LogP contribution in [0.1, 0.15) is 25.7 Å². The van der Waals surface area contributed by atoms with E-state index in [-0.39, 0.29) is 30.7 Å². The summed E-state index contributed by atoms with van der Waals surface area (Å²) < 4.78 is 24.5. The lowest BCUT2D eigenvalue weighted by Crippen LogP contribution is -2.54. The second-order valence-electron chi connectivity index (χ2n) is 5.62. The van der Waals surface area contributed by atoms with Crippen molar-refractivity contribution in [2.24, 2.45) is 11.7 Å². The molecule has 0 radical (unpaired) electrons. The molecule has 2 heterocycles. The molecule has 2 unspecified atom stereocenters. The molecule has 20 heavy (non-hydrogen) atoms. The van der Waals surface area contributed by atoms with E-state index in [1.807, 2.05) is 0 Å². The fraction of sp³-hybridized carbons (Fsp3) is 0.833. The first-order valence-corrected chi connectivity index (χ1v) is 8.69. The summed E-state index contributed by atoms with van der Waals surface area (Å²) in [5.41, 5.74) is 5.68. The molecule has 114 valence electrons. The van der Waals surface area contributed by atoms with Gasteiger partial charge in [0.15, 0.2) is 0 Å². The van der Waals surface area contributed by atoms with Crippen molar-refractivity contribution < 1.29 is 18.0 Å². The van der Waals surface area contributed by atoms with E-state index in [4.69, 9.17) is 5.73 Å². The molecule has 2 aliphatic rings. The monoisotopic (exact) mass is 303 g/mol. The van der Waals surface area contributed by atoms with Gasteiger partial charge in [-0.2, -0.15) is 0 Å². The highest BCUT2D eigenvalue weighted by Crippen LogP contribution is 2.22. The van der Waals surface area contributed by atoms with Crippen molar-refractivity contribution in [1.82, 2.24) is 9.21 Å². The summed E-state index contributed by atoms with van der Waals surface area (Å²) in [5.74, 6) is -0.539. The van der Waals surface area contributed by atoms with Crippen LogP contribution in [-0.2, 0) is 19.6 Å². The Morgan fingerprint density at radius 1 is 1.30 bits per heavy atom. The van der Waals surface area contributed by atoms with Crippen LogP contribution in [0.4, 0.5) is 0 Å². The van der Waals surface area contributed by atoms with Gasteiger partial charge in [0.2, 0.25) is 21.8 Å². The predicted molar refractivity (Wildman–Crippen MR) is 73.1 cm³/mol. The third-order valence-electron chi connectivity index (χ3n) is 3.95. The average Bonchev–Trinajstić information content (AvgIpc) is 2.39.